The zero-order valence-corrected chi connectivity index (χ0v) is 13.5. The highest BCUT2D eigenvalue weighted by Crippen LogP contribution is 2.24. The van der Waals surface area contributed by atoms with Crippen LogP contribution in [0.15, 0.2) is 23.0 Å². The van der Waals surface area contributed by atoms with E-state index in [0.717, 1.165) is 5.01 Å². The Balaban J connectivity index is 2.15. The van der Waals surface area contributed by atoms with E-state index in [1.165, 1.54) is 22.7 Å². The van der Waals surface area contributed by atoms with Crippen LogP contribution in [0, 0.1) is 11.8 Å². The summed E-state index contributed by atoms with van der Waals surface area (Å²) < 4.78 is 0. The van der Waals surface area contributed by atoms with Gasteiger partial charge in [-0.2, -0.15) is 0 Å². The van der Waals surface area contributed by atoms with Crippen LogP contribution >= 0.6 is 22.7 Å². The zero-order valence-electron chi connectivity index (χ0n) is 11.8. The van der Waals surface area contributed by atoms with E-state index in [2.05, 4.69) is 22.1 Å². The van der Waals surface area contributed by atoms with E-state index in [9.17, 15) is 4.79 Å². The first-order valence-electron chi connectivity index (χ1n) is 6.44. The van der Waals surface area contributed by atoms with E-state index in [1.807, 2.05) is 30.7 Å². The molecule has 1 amide bonds. The molecule has 2 rings (SSSR count). The summed E-state index contributed by atoms with van der Waals surface area (Å²) in [4.78, 5) is 17.3. The van der Waals surface area contributed by atoms with Crippen LogP contribution in [-0.4, -0.2) is 22.6 Å². The lowest BCUT2D eigenvalue weighted by atomic mass is 10.1. The molecule has 0 spiro atoms. The third-order valence-corrected chi connectivity index (χ3v) is 4.73. The molecule has 2 N–H and O–H groups in total. The topological polar surface area (TPSA) is 62.2 Å². The first-order valence-corrected chi connectivity index (χ1v) is 8.20. The summed E-state index contributed by atoms with van der Waals surface area (Å²) in [7, 11) is 0. The van der Waals surface area contributed by atoms with Crippen molar-refractivity contribution >= 4 is 28.6 Å². The molecule has 0 bridgehead atoms. The van der Waals surface area contributed by atoms with E-state index in [1.54, 1.807) is 6.20 Å². The Bertz CT molecular complexity index is 663. The van der Waals surface area contributed by atoms with Crippen molar-refractivity contribution in [2.45, 2.75) is 25.8 Å². The number of aromatic nitrogens is 1. The van der Waals surface area contributed by atoms with E-state index in [0.29, 0.717) is 16.9 Å². The third kappa shape index (κ3) is 3.91. The maximum Gasteiger partial charge on any atom is 0.263 e. The number of hydrogen-bond acceptors (Lipinski definition) is 5. The molecule has 0 fully saturated rings. The van der Waals surface area contributed by atoms with Gasteiger partial charge in [0.25, 0.3) is 5.91 Å². The molecule has 0 aliphatic carbocycles. The Morgan fingerprint density at radius 2 is 2.24 bits per heavy atom. The minimum absolute atomic E-state index is 0.0236. The molecule has 0 radical (unpaired) electrons. The normalized spacial score (nSPS) is 10.8. The van der Waals surface area contributed by atoms with Crippen LogP contribution in [0.1, 0.15) is 40.5 Å². The van der Waals surface area contributed by atoms with Gasteiger partial charge in [-0.25, -0.2) is 4.98 Å². The molecule has 21 heavy (non-hydrogen) atoms. The molecular weight excluding hydrogens is 304 g/mol. The highest BCUT2D eigenvalue weighted by Gasteiger charge is 2.27. The van der Waals surface area contributed by atoms with Gasteiger partial charge in [0.15, 0.2) is 0 Å². The first kappa shape index (κ1) is 15.7. The number of nitrogens with one attached hydrogen (secondary N) is 1. The second-order valence-corrected chi connectivity index (χ2v) is 6.67. The molecule has 0 saturated heterocycles. The van der Waals surface area contributed by atoms with E-state index < -0.39 is 5.54 Å². The average molecular weight is 320 g/mol. The molecule has 110 valence electrons. The Morgan fingerprint density at radius 1 is 1.43 bits per heavy atom. The number of hydrogen-bond donors (Lipinski definition) is 2. The van der Waals surface area contributed by atoms with Gasteiger partial charge in [0.1, 0.15) is 9.88 Å². The van der Waals surface area contributed by atoms with Gasteiger partial charge in [-0.05, 0) is 25.3 Å². The largest absolute Gasteiger partial charge is 0.395 e. The Morgan fingerprint density at radius 3 is 2.90 bits per heavy atom. The zero-order chi connectivity index (χ0) is 15.3. The van der Waals surface area contributed by atoms with E-state index >= 15 is 0 Å². The molecular formula is C15H16N2O2S2. The second-order valence-electron chi connectivity index (χ2n) is 4.86. The number of aliphatic hydroxyl groups excluding tert-OH is 1. The summed E-state index contributed by atoms with van der Waals surface area (Å²) in [5.41, 5.74) is 0.172. The summed E-state index contributed by atoms with van der Waals surface area (Å²) in [5.74, 6) is 5.61. The van der Waals surface area contributed by atoms with E-state index in [4.69, 9.17) is 5.11 Å². The lowest BCUT2D eigenvalue weighted by molar-refractivity contribution is 0.0916. The summed E-state index contributed by atoms with van der Waals surface area (Å²) in [5, 5.41) is 16.3. The maximum absolute atomic E-state index is 12.4. The lowest BCUT2D eigenvalue weighted by Gasteiger charge is -2.23. The molecule has 4 nitrogen and oxygen atoms in total. The predicted octanol–water partition coefficient (Wildman–Crippen LogP) is 2.60. The van der Waals surface area contributed by atoms with Crippen molar-refractivity contribution < 1.29 is 9.90 Å². The standard InChI is InChI=1S/C15H16N2O2S2/c1-15(2,14-16-7-10-21-14)17-13(19)12-11(6-9-20-12)5-3-4-8-18/h6-7,9-10,18H,4,8H2,1-2H3,(H,17,19). The van der Waals surface area contributed by atoms with Gasteiger partial charge in [-0.1, -0.05) is 11.8 Å². The molecule has 2 aromatic heterocycles. The monoisotopic (exact) mass is 320 g/mol. The van der Waals surface area contributed by atoms with Gasteiger partial charge in [-0.3, -0.25) is 4.79 Å². The van der Waals surface area contributed by atoms with Crippen LogP contribution in [0.5, 0.6) is 0 Å². The molecule has 0 unspecified atom stereocenters. The predicted molar refractivity (Wildman–Crippen MR) is 85.5 cm³/mol. The van der Waals surface area contributed by atoms with Crippen molar-refractivity contribution in [2.24, 2.45) is 0 Å². The van der Waals surface area contributed by atoms with Crippen LogP contribution in [0.4, 0.5) is 0 Å². The Labute approximate surface area is 131 Å². The molecule has 0 saturated carbocycles. The lowest BCUT2D eigenvalue weighted by Crippen LogP contribution is -2.40. The number of carbonyl (C=O) groups is 1. The fourth-order valence-electron chi connectivity index (χ4n) is 1.72. The summed E-state index contributed by atoms with van der Waals surface area (Å²) in [6.45, 7) is 3.87. The molecule has 0 aliphatic heterocycles. The first-order chi connectivity index (χ1) is 10.0. The second kappa shape index (κ2) is 6.85. The minimum Gasteiger partial charge on any atom is -0.395 e. The number of nitrogens with zero attached hydrogens (tertiary/aromatic N) is 1. The maximum atomic E-state index is 12.4. The summed E-state index contributed by atoms with van der Waals surface area (Å²) in [6, 6.07) is 1.82. The van der Waals surface area contributed by atoms with Crippen molar-refractivity contribution in [1.29, 1.82) is 0 Å². The van der Waals surface area contributed by atoms with Gasteiger partial charge < -0.3 is 10.4 Å². The summed E-state index contributed by atoms with van der Waals surface area (Å²) in [6.07, 6.45) is 2.13. The Hall–Kier alpha value is -1.68. The average Bonchev–Trinajstić information content (AvgIpc) is 3.10. The van der Waals surface area contributed by atoms with Gasteiger partial charge in [-0.15, -0.1) is 22.7 Å². The fraction of sp³-hybridized carbons (Fsp3) is 0.333. The van der Waals surface area contributed by atoms with Crippen molar-refractivity contribution in [3.05, 3.63) is 38.5 Å². The molecule has 0 aliphatic rings. The van der Waals surface area contributed by atoms with Gasteiger partial charge in [0, 0.05) is 23.6 Å². The van der Waals surface area contributed by atoms with Crippen molar-refractivity contribution in [3.8, 4) is 11.8 Å². The van der Waals surface area contributed by atoms with E-state index in [-0.39, 0.29) is 12.5 Å². The van der Waals surface area contributed by atoms with Gasteiger partial charge in [0.05, 0.1) is 12.1 Å². The van der Waals surface area contributed by atoms with Gasteiger partial charge in [0.2, 0.25) is 0 Å². The number of rotatable bonds is 4. The molecule has 2 aromatic rings. The molecule has 0 atom stereocenters. The number of amides is 1. The molecule has 0 aromatic carbocycles. The Kier molecular flexibility index (Phi) is 5.12. The van der Waals surface area contributed by atoms with Crippen LogP contribution in [0.3, 0.4) is 0 Å². The van der Waals surface area contributed by atoms with Crippen molar-refractivity contribution in [3.63, 3.8) is 0 Å². The van der Waals surface area contributed by atoms with Crippen LogP contribution in [0.25, 0.3) is 0 Å². The van der Waals surface area contributed by atoms with Crippen molar-refractivity contribution in [2.75, 3.05) is 6.61 Å². The van der Waals surface area contributed by atoms with Crippen LogP contribution in [0.2, 0.25) is 0 Å². The molecule has 6 heteroatoms. The minimum atomic E-state index is -0.523. The third-order valence-electron chi connectivity index (χ3n) is 2.72. The number of thiophene rings is 1. The SMILES string of the molecule is CC(C)(NC(=O)c1sccc1C#CCCO)c1nccs1. The summed E-state index contributed by atoms with van der Waals surface area (Å²) >= 11 is 2.87. The van der Waals surface area contributed by atoms with Crippen LogP contribution in [-0.2, 0) is 5.54 Å². The van der Waals surface area contributed by atoms with Crippen molar-refractivity contribution in [1.82, 2.24) is 10.3 Å². The smallest absolute Gasteiger partial charge is 0.263 e. The fourth-order valence-corrected chi connectivity index (χ4v) is 3.19. The highest BCUT2D eigenvalue weighted by molar-refractivity contribution is 7.12. The van der Waals surface area contributed by atoms with Crippen LogP contribution < -0.4 is 5.32 Å². The quantitative estimate of drug-likeness (QED) is 0.851. The number of aliphatic hydroxyl groups is 1. The van der Waals surface area contributed by atoms with Gasteiger partial charge >= 0.3 is 0 Å². The number of carbonyl (C=O) groups excluding carboxylic acids is 1. The molecule has 2 heterocycles. The highest BCUT2D eigenvalue weighted by atomic mass is 32.1. The number of thiazole rings is 1.